The molecular weight excluding hydrogens is 170 g/mol. The predicted octanol–water partition coefficient (Wildman–Crippen LogP) is 3.54. The second-order valence-corrected chi connectivity index (χ2v) is 5.20. The van der Waals surface area contributed by atoms with E-state index in [0.29, 0.717) is 0 Å². The van der Waals surface area contributed by atoms with Crippen LogP contribution in [0, 0.1) is 11.8 Å². The minimum absolute atomic E-state index is 0.894. The van der Waals surface area contributed by atoms with Crippen molar-refractivity contribution in [2.45, 2.75) is 52.9 Å². The van der Waals surface area contributed by atoms with Gasteiger partial charge in [-0.25, -0.2) is 0 Å². The van der Waals surface area contributed by atoms with Gasteiger partial charge in [-0.2, -0.15) is 0 Å². The third kappa shape index (κ3) is 4.45. The van der Waals surface area contributed by atoms with Crippen molar-refractivity contribution >= 4 is 0 Å². The molecule has 0 radical (unpaired) electrons. The summed E-state index contributed by atoms with van der Waals surface area (Å²) >= 11 is 0. The maximum Gasteiger partial charge on any atom is -0.00162 e. The van der Waals surface area contributed by atoms with Gasteiger partial charge in [-0.1, -0.05) is 40.0 Å². The van der Waals surface area contributed by atoms with Gasteiger partial charge < -0.3 is 4.90 Å². The molecule has 1 fully saturated rings. The van der Waals surface area contributed by atoms with Crippen molar-refractivity contribution in [1.29, 1.82) is 0 Å². The summed E-state index contributed by atoms with van der Waals surface area (Å²) in [6.45, 7) is 10.9. The van der Waals surface area contributed by atoms with Gasteiger partial charge in [0.05, 0.1) is 0 Å². The molecule has 0 spiro atoms. The number of rotatable bonds is 5. The molecule has 0 amide bonds. The molecule has 0 saturated carbocycles. The molecular formula is C13H27N. The highest BCUT2D eigenvalue weighted by molar-refractivity contribution is 4.71. The van der Waals surface area contributed by atoms with E-state index in [1.807, 2.05) is 0 Å². The van der Waals surface area contributed by atoms with Crippen molar-refractivity contribution in [3.63, 3.8) is 0 Å². The molecule has 14 heavy (non-hydrogen) atoms. The van der Waals surface area contributed by atoms with E-state index in [9.17, 15) is 0 Å². The SMILES string of the molecule is CCN1CCC(CCCC(C)C)CC1. The highest BCUT2D eigenvalue weighted by Gasteiger charge is 2.17. The lowest BCUT2D eigenvalue weighted by atomic mass is 9.90. The molecule has 1 rings (SSSR count). The third-order valence-corrected chi connectivity index (χ3v) is 3.55. The lowest BCUT2D eigenvalue weighted by Crippen LogP contribution is -2.33. The Kier molecular flexibility index (Phi) is 5.54. The average Bonchev–Trinajstić information content (AvgIpc) is 2.18. The zero-order chi connectivity index (χ0) is 10.4. The Morgan fingerprint density at radius 3 is 2.36 bits per heavy atom. The van der Waals surface area contributed by atoms with Gasteiger partial charge in [0, 0.05) is 0 Å². The molecule has 0 aliphatic carbocycles. The van der Waals surface area contributed by atoms with Crippen molar-refractivity contribution < 1.29 is 0 Å². The van der Waals surface area contributed by atoms with Gasteiger partial charge in [0.1, 0.15) is 0 Å². The number of likely N-dealkylation sites (tertiary alicyclic amines) is 1. The zero-order valence-corrected chi connectivity index (χ0v) is 10.3. The van der Waals surface area contributed by atoms with Crippen LogP contribution in [0.25, 0.3) is 0 Å². The van der Waals surface area contributed by atoms with Crippen LogP contribution in [0.2, 0.25) is 0 Å². The molecule has 0 atom stereocenters. The Labute approximate surface area is 89.9 Å². The third-order valence-electron chi connectivity index (χ3n) is 3.55. The van der Waals surface area contributed by atoms with E-state index in [2.05, 4.69) is 25.7 Å². The minimum Gasteiger partial charge on any atom is -0.304 e. The Morgan fingerprint density at radius 1 is 1.21 bits per heavy atom. The number of hydrogen-bond acceptors (Lipinski definition) is 1. The quantitative estimate of drug-likeness (QED) is 0.651. The van der Waals surface area contributed by atoms with Crippen molar-refractivity contribution in [3.8, 4) is 0 Å². The summed E-state index contributed by atoms with van der Waals surface area (Å²) in [6, 6.07) is 0. The summed E-state index contributed by atoms with van der Waals surface area (Å²) < 4.78 is 0. The molecule has 0 aromatic heterocycles. The molecule has 84 valence electrons. The first-order valence-corrected chi connectivity index (χ1v) is 6.44. The minimum atomic E-state index is 0.894. The molecule has 0 N–H and O–H groups in total. The van der Waals surface area contributed by atoms with Gasteiger partial charge in [0.15, 0.2) is 0 Å². The molecule has 1 nitrogen and oxygen atoms in total. The Morgan fingerprint density at radius 2 is 1.86 bits per heavy atom. The van der Waals surface area contributed by atoms with Crippen molar-refractivity contribution in [3.05, 3.63) is 0 Å². The summed E-state index contributed by atoms with van der Waals surface area (Å²) in [7, 11) is 0. The average molecular weight is 197 g/mol. The van der Waals surface area contributed by atoms with Crippen LogP contribution in [0.5, 0.6) is 0 Å². The van der Waals surface area contributed by atoms with E-state index in [1.165, 1.54) is 51.7 Å². The van der Waals surface area contributed by atoms with Crippen LogP contribution >= 0.6 is 0 Å². The first-order chi connectivity index (χ1) is 6.72. The molecule has 1 heterocycles. The second-order valence-electron chi connectivity index (χ2n) is 5.20. The molecule has 0 aromatic carbocycles. The molecule has 0 bridgehead atoms. The molecule has 1 aliphatic rings. The van der Waals surface area contributed by atoms with Gasteiger partial charge >= 0.3 is 0 Å². The van der Waals surface area contributed by atoms with Crippen LogP contribution in [0.3, 0.4) is 0 Å². The normalized spacial score (nSPS) is 20.6. The van der Waals surface area contributed by atoms with Gasteiger partial charge in [-0.15, -0.1) is 0 Å². The summed E-state index contributed by atoms with van der Waals surface area (Å²) in [5.41, 5.74) is 0. The topological polar surface area (TPSA) is 3.24 Å². The standard InChI is InChI=1S/C13H27N/c1-4-14-10-8-13(9-11-14)7-5-6-12(2)3/h12-13H,4-11H2,1-3H3. The first-order valence-electron chi connectivity index (χ1n) is 6.44. The summed E-state index contributed by atoms with van der Waals surface area (Å²) in [5, 5.41) is 0. The van der Waals surface area contributed by atoms with Crippen LogP contribution in [0.4, 0.5) is 0 Å². The van der Waals surface area contributed by atoms with Crippen LogP contribution in [-0.4, -0.2) is 24.5 Å². The maximum absolute atomic E-state index is 2.58. The second kappa shape index (κ2) is 6.44. The van der Waals surface area contributed by atoms with Crippen molar-refractivity contribution in [2.24, 2.45) is 11.8 Å². The van der Waals surface area contributed by atoms with Crippen LogP contribution in [-0.2, 0) is 0 Å². The Balaban J connectivity index is 2.04. The summed E-state index contributed by atoms with van der Waals surface area (Å²) in [5.74, 6) is 1.93. The number of nitrogens with zero attached hydrogens (tertiary/aromatic N) is 1. The van der Waals surface area contributed by atoms with Crippen molar-refractivity contribution in [1.82, 2.24) is 4.90 Å². The number of hydrogen-bond donors (Lipinski definition) is 0. The van der Waals surface area contributed by atoms with E-state index in [1.54, 1.807) is 0 Å². The molecule has 1 saturated heterocycles. The highest BCUT2D eigenvalue weighted by Crippen LogP contribution is 2.23. The largest absolute Gasteiger partial charge is 0.304 e. The lowest BCUT2D eigenvalue weighted by molar-refractivity contribution is 0.184. The first kappa shape index (κ1) is 12.0. The Bertz CT molecular complexity index is 134. The fourth-order valence-corrected chi connectivity index (χ4v) is 2.41. The van der Waals surface area contributed by atoms with E-state index >= 15 is 0 Å². The molecule has 1 aliphatic heterocycles. The molecule has 1 heteroatoms. The van der Waals surface area contributed by atoms with Gasteiger partial charge in [-0.3, -0.25) is 0 Å². The van der Waals surface area contributed by atoms with E-state index in [4.69, 9.17) is 0 Å². The highest BCUT2D eigenvalue weighted by atomic mass is 15.1. The fourth-order valence-electron chi connectivity index (χ4n) is 2.41. The lowest BCUT2D eigenvalue weighted by Gasteiger charge is -2.31. The predicted molar refractivity (Wildman–Crippen MR) is 63.5 cm³/mol. The molecule has 0 unspecified atom stereocenters. The van der Waals surface area contributed by atoms with Gasteiger partial charge in [0.25, 0.3) is 0 Å². The van der Waals surface area contributed by atoms with Gasteiger partial charge in [-0.05, 0) is 44.3 Å². The zero-order valence-electron chi connectivity index (χ0n) is 10.3. The Hall–Kier alpha value is -0.0400. The summed E-state index contributed by atoms with van der Waals surface area (Å²) in [4.78, 5) is 2.58. The van der Waals surface area contributed by atoms with E-state index < -0.39 is 0 Å². The smallest absolute Gasteiger partial charge is 0.00162 e. The van der Waals surface area contributed by atoms with Crippen molar-refractivity contribution in [2.75, 3.05) is 19.6 Å². The van der Waals surface area contributed by atoms with Crippen LogP contribution < -0.4 is 0 Å². The maximum atomic E-state index is 2.58. The van der Waals surface area contributed by atoms with Crippen LogP contribution in [0.15, 0.2) is 0 Å². The molecule has 0 aromatic rings. The monoisotopic (exact) mass is 197 g/mol. The van der Waals surface area contributed by atoms with Gasteiger partial charge in [0.2, 0.25) is 0 Å². The van der Waals surface area contributed by atoms with Crippen LogP contribution in [0.1, 0.15) is 52.9 Å². The number of piperidine rings is 1. The van der Waals surface area contributed by atoms with E-state index in [-0.39, 0.29) is 0 Å². The summed E-state index contributed by atoms with van der Waals surface area (Å²) in [6.07, 6.45) is 7.26. The van der Waals surface area contributed by atoms with E-state index in [0.717, 1.165) is 11.8 Å². The fraction of sp³-hybridized carbons (Fsp3) is 1.00.